The highest BCUT2D eigenvalue weighted by atomic mass is 19.1. The van der Waals surface area contributed by atoms with Crippen molar-refractivity contribution in [3.63, 3.8) is 0 Å². The van der Waals surface area contributed by atoms with Gasteiger partial charge >= 0.3 is 0 Å². The van der Waals surface area contributed by atoms with Crippen molar-refractivity contribution in [3.05, 3.63) is 36.2 Å². The SMILES string of the molecule is CCOc1cc(F)ccc1NCC1CC=CCC1. The molecule has 1 unspecified atom stereocenters. The van der Waals surface area contributed by atoms with Crippen LogP contribution in [0.25, 0.3) is 0 Å². The quantitative estimate of drug-likeness (QED) is 0.797. The minimum atomic E-state index is -0.260. The molecule has 0 aliphatic heterocycles. The number of hydrogen-bond donors (Lipinski definition) is 1. The van der Waals surface area contributed by atoms with Crippen molar-refractivity contribution >= 4 is 5.69 Å². The molecule has 0 radical (unpaired) electrons. The topological polar surface area (TPSA) is 21.3 Å². The molecule has 18 heavy (non-hydrogen) atoms. The van der Waals surface area contributed by atoms with Crippen molar-refractivity contribution in [3.8, 4) is 5.75 Å². The van der Waals surface area contributed by atoms with Gasteiger partial charge in [0.2, 0.25) is 0 Å². The summed E-state index contributed by atoms with van der Waals surface area (Å²) in [6.07, 6.45) is 7.98. The Bertz CT molecular complexity index is 417. The van der Waals surface area contributed by atoms with Gasteiger partial charge in [-0.15, -0.1) is 0 Å². The molecule has 0 fully saturated rings. The molecule has 1 aliphatic rings. The molecule has 1 aromatic carbocycles. The van der Waals surface area contributed by atoms with Crippen molar-refractivity contribution in [1.82, 2.24) is 0 Å². The number of nitrogens with one attached hydrogen (secondary N) is 1. The normalized spacial score (nSPS) is 18.7. The van der Waals surface area contributed by atoms with Crippen molar-refractivity contribution < 1.29 is 9.13 Å². The zero-order chi connectivity index (χ0) is 12.8. The summed E-state index contributed by atoms with van der Waals surface area (Å²) in [5.41, 5.74) is 0.882. The fraction of sp³-hybridized carbons (Fsp3) is 0.467. The van der Waals surface area contributed by atoms with E-state index in [1.807, 2.05) is 6.92 Å². The van der Waals surface area contributed by atoms with Gasteiger partial charge in [0.05, 0.1) is 12.3 Å². The van der Waals surface area contributed by atoms with E-state index in [1.165, 1.54) is 18.6 Å². The first-order valence-electron chi connectivity index (χ1n) is 6.61. The summed E-state index contributed by atoms with van der Waals surface area (Å²) in [5.74, 6) is 1.00. The molecule has 0 amide bonds. The van der Waals surface area contributed by atoms with Crippen molar-refractivity contribution in [1.29, 1.82) is 0 Å². The zero-order valence-electron chi connectivity index (χ0n) is 10.8. The van der Waals surface area contributed by atoms with Crippen LogP contribution in [0.2, 0.25) is 0 Å². The fourth-order valence-corrected chi connectivity index (χ4v) is 2.21. The van der Waals surface area contributed by atoms with Crippen LogP contribution in [0.3, 0.4) is 0 Å². The molecule has 2 nitrogen and oxygen atoms in total. The third kappa shape index (κ3) is 3.49. The Morgan fingerprint density at radius 1 is 1.39 bits per heavy atom. The molecular formula is C15H20FNO. The van der Waals surface area contributed by atoms with E-state index >= 15 is 0 Å². The minimum absolute atomic E-state index is 0.260. The van der Waals surface area contributed by atoms with Crippen molar-refractivity contribution in [2.24, 2.45) is 5.92 Å². The predicted octanol–water partition coefficient (Wildman–Crippen LogP) is 3.99. The molecule has 1 N–H and O–H groups in total. The highest BCUT2D eigenvalue weighted by Crippen LogP contribution is 2.27. The van der Waals surface area contributed by atoms with E-state index in [1.54, 1.807) is 6.07 Å². The number of allylic oxidation sites excluding steroid dienone is 2. The fourth-order valence-electron chi connectivity index (χ4n) is 2.21. The van der Waals surface area contributed by atoms with Gasteiger partial charge in [-0.25, -0.2) is 4.39 Å². The summed E-state index contributed by atoms with van der Waals surface area (Å²) in [5, 5.41) is 3.37. The second kappa shape index (κ2) is 6.43. The third-order valence-corrected chi connectivity index (χ3v) is 3.20. The molecule has 0 aromatic heterocycles. The van der Waals surface area contributed by atoms with Crippen LogP contribution in [0.1, 0.15) is 26.2 Å². The van der Waals surface area contributed by atoms with Crippen molar-refractivity contribution in [2.75, 3.05) is 18.5 Å². The van der Waals surface area contributed by atoms with E-state index in [2.05, 4.69) is 17.5 Å². The van der Waals surface area contributed by atoms with Gasteiger partial charge in [0, 0.05) is 12.6 Å². The van der Waals surface area contributed by atoms with Gasteiger partial charge in [0.15, 0.2) is 0 Å². The molecule has 0 saturated heterocycles. The summed E-state index contributed by atoms with van der Waals surface area (Å²) >= 11 is 0. The first-order chi connectivity index (χ1) is 8.79. The van der Waals surface area contributed by atoms with Crippen LogP contribution in [0.4, 0.5) is 10.1 Å². The van der Waals surface area contributed by atoms with Gasteiger partial charge in [-0.1, -0.05) is 12.2 Å². The van der Waals surface area contributed by atoms with Crippen molar-refractivity contribution in [2.45, 2.75) is 26.2 Å². The molecule has 98 valence electrons. The average Bonchev–Trinajstić information content (AvgIpc) is 2.39. The number of ether oxygens (including phenoxy) is 1. The first kappa shape index (κ1) is 12.9. The van der Waals surface area contributed by atoms with Crippen LogP contribution in [0.15, 0.2) is 30.4 Å². The maximum absolute atomic E-state index is 13.1. The lowest BCUT2D eigenvalue weighted by Crippen LogP contribution is -2.15. The van der Waals surface area contributed by atoms with Gasteiger partial charge < -0.3 is 10.1 Å². The van der Waals surface area contributed by atoms with Gasteiger partial charge in [-0.3, -0.25) is 0 Å². The number of hydrogen-bond acceptors (Lipinski definition) is 2. The van der Waals surface area contributed by atoms with Crippen LogP contribution in [-0.4, -0.2) is 13.2 Å². The highest BCUT2D eigenvalue weighted by Gasteiger charge is 2.11. The molecule has 1 atom stereocenters. The van der Waals surface area contributed by atoms with Gasteiger partial charge in [-0.05, 0) is 44.2 Å². The average molecular weight is 249 g/mol. The lowest BCUT2D eigenvalue weighted by molar-refractivity contribution is 0.339. The Balaban J connectivity index is 1.97. The summed E-state index contributed by atoms with van der Waals surface area (Å²) in [4.78, 5) is 0. The monoisotopic (exact) mass is 249 g/mol. The van der Waals surface area contributed by atoms with Crippen LogP contribution in [0, 0.1) is 11.7 Å². The number of halogens is 1. The summed E-state index contributed by atoms with van der Waals surface area (Å²) in [6.45, 7) is 3.36. The van der Waals surface area contributed by atoms with Crippen LogP contribution < -0.4 is 10.1 Å². The van der Waals surface area contributed by atoms with E-state index < -0.39 is 0 Å². The Hall–Kier alpha value is -1.51. The largest absolute Gasteiger partial charge is 0.492 e. The molecule has 0 spiro atoms. The lowest BCUT2D eigenvalue weighted by Gasteiger charge is -2.20. The van der Waals surface area contributed by atoms with E-state index in [4.69, 9.17) is 4.74 Å². The predicted molar refractivity (Wildman–Crippen MR) is 72.5 cm³/mol. The van der Waals surface area contributed by atoms with E-state index in [0.717, 1.165) is 25.1 Å². The van der Waals surface area contributed by atoms with Gasteiger partial charge in [0.25, 0.3) is 0 Å². The highest BCUT2D eigenvalue weighted by molar-refractivity contribution is 5.56. The maximum Gasteiger partial charge on any atom is 0.145 e. The second-order valence-corrected chi connectivity index (χ2v) is 4.60. The molecule has 0 bridgehead atoms. The van der Waals surface area contributed by atoms with Crippen LogP contribution in [-0.2, 0) is 0 Å². The first-order valence-corrected chi connectivity index (χ1v) is 6.61. The van der Waals surface area contributed by atoms with Crippen LogP contribution >= 0.6 is 0 Å². The van der Waals surface area contributed by atoms with E-state index in [9.17, 15) is 4.39 Å². The second-order valence-electron chi connectivity index (χ2n) is 4.60. The number of benzene rings is 1. The molecule has 3 heteroatoms. The Kier molecular flexibility index (Phi) is 4.62. The summed E-state index contributed by atoms with van der Waals surface area (Å²) in [6, 6.07) is 4.65. The Labute approximate surface area is 108 Å². The Morgan fingerprint density at radius 2 is 2.28 bits per heavy atom. The zero-order valence-corrected chi connectivity index (χ0v) is 10.8. The molecule has 1 aromatic rings. The molecule has 1 aliphatic carbocycles. The smallest absolute Gasteiger partial charge is 0.145 e. The third-order valence-electron chi connectivity index (χ3n) is 3.20. The summed E-state index contributed by atoms with van der Waals surface area (Å²) < 4.78 is 18.6. The number of anilines is 1. The standard InChI is InChI=1S/C15H20FNO/c1-2-18-15-10-13(16)8-9-14(15)17-11-12-6-4-3-5-7-12/h3-4,8-10,12,17H,2,5-7,11H2,1H3. The molecule has 2 rings (SSSR count). The minimum Gasteiger partial charge on any atom is -0.492 e. The lowest BCUT2D eigenvalue weighted by atomic mass is 9.94. The molecule has 0 heterocycles. The van der Waals surface area contributed by atoms with E-state index in [-0.39, 0.29) is 5.82 Å². The summed E-state index contributed by atoms with van der Waals surface area (Å²) in [7, 11) is 0. The Morgan fingerprint density at radius 3 is 3.00 bits per heavy atom. The van der Waals surface area contributed by atoms with E-state index in [0.29, 0.717) is 18.3 Å². The maximum atomic E-state index is 13.1. The van der Waals surface area contributed by atoms with Crippen LogP contribution in [0.5, 0.6) is 5.75 Å². The molecular weight excluding hydrogens is 229 g/mol. The molecule has 0 saturated carbocycles. The number of rotatable bonds is 5. The van der Waals surface area contributed by atoms with Gasteiger partial charge in [0.1, 0.15) is 11.6 Å². The van der Waals surface area contributed by atoms with Gasteiger partial charge in [-0.2, -0.15) is 0 Å².